The van der Waals surface area contributed by atoms with Gasteiger partial charge in [-0.15, -0.1) is 11.7 Å². The fourth-order valence-electron chi connectivity index (χ4n) is 0.827. The van der Waals surface area contributed by atoms with Crippen LogP contribution in [0.3, 0.4) is 0 Å². The van der Waals surface area contributed by atoms with Gasteiger partial charge in [-0.2, -0.15) is 4.98 Å². The summed E-state index contributed by atoms with van der Waals surface area (Å²) in [4.78, 5) is 4.90. The molecule has 0 spiro atoms. The van der Waals surface area contributed by atoms with Crippen molar-refractivity contribution in [1.82, 2.24) is 19.7 Å². The molecule has 13 heavy (non-hydrogen) atoms. The van der Waals surface area contributed by atoms with Gasteiger partial charge in [0, 0.05) is 6.42 Å². The first-order chi connectivity index (χ1) is 6.40. The molecule has 2 rings (SSSR count). The van der Waals surface area contributed by atoms with Crippen LogP contribution >= 0.6 is 11.5 Å². The zero-order valence-electron chi connectivity index (χ0n) is 6.67. The first-order valence-electron chi connectivity index (χ1n) is 3.61. The Balaban J connectivity index is 2.28. The number of hydrogen-bond donors (Lipinski definition) is 0. The molecule has 66 valence electrons. The standard InChI is InChI=1S/C7H6N4OS/c1-2-3-6-9-7(12-10-6)5-4-8-11-13-5/h2,4H,1,3H2. The molecule has 0 N–H and O–H groups in total. The highest BCUT2D eigenvalue weighted by atomic mass is 32.1. The summed E-state index contributed by atoms with van der Waals surface area (Å²) in [6.45, 7) is 3.58. The summed E-state index contributed by atoms with van der Waals surface area (Å²) in [6.07, 6.45) is 3.92. The number of rotatable bonds is 3. The number of aromatic nitrogens is 4. The lowest BCUT2D eigenvalue weighted by Crippen LogP contribution is -1.82. The molecule has 0 aromatic carbocycles. The van der Waals surface area contributed by atoms with Crippen molar-refractivity contribution in [2.75, 3.05) is 0 Å². The molecule has 0 aliphatic rings. The molecule has 0 bridgehead atoms. The van der Waals surface area contributed by atoms with Gasteiger partial charge < -0.3 is 4.52 Å². The molecule has 0 amide bonds. The van der Waals surface area contributed by atoms with Crippen LogP contribution in [0.4, 0.5) is 0 Å². The van der Waals surface area contributed by atoms with Gasteiger partial charge >= 0.3 is 0 Å². The number of hydrogen-bond acceptors (Lipinski definition) is 6. The van der Waals surface area contributed by atoms with Crippen molar-refractivity contribution in [1.29, 1.82) is 0 Å². The largest absolute Gasteiger partial charge is 0.333 e. The van der Waals surface area contributed by atoms with E-state index in [0.717, 1.165) is 4.88 Å². The van der Waals surface area contributed by atoms with Crippen molar-refractivity contribution in [2.45, 2.75) is 6.42 Å². The molecule has 2 heterocycles. The average Bonchev–Trinajstić information content (AvgIpc) is 2.70. The van der Waals surface area contributed by atoms with Crippen LogP contribution in [-0.2, 0) is 6.42 Å². The second-order valence-electron chi connectivity index (χ2n) is 2.29. The fraction of sp³-hybridized carbons (Fsp3) is 0.143. The van der Waals surface area contributed by atoms with Gasteiger partial charge in [-0.25, -0.2) is 0 Å². The molecule has 0 aliphatic carbocycles. The van der Waals surface area contributed by atoms with Crippen molar-refractivity contribution >= 4 is 11.5 Å². The lowest BCUT2D eigenvalue weighted by atomic mass is 10.4. The molecule has 0 fully saturated rings. The minimum Gasteiger partial charge on any atom is -0.333 e. The van der Waals surface area contributed by atoms with Crippen LogP contribution in [0.1, 0.15) is 5.82 Å². The minimum absolute atomic E-state index is 0.465. The van der Waals surface area contributed by atoms with E-state index in [-0.39, 0.29) is 0 Å². The predicted molar refractivity (Wildman–Crippen MR) is 47.1 cm³/mol. The van der Waals surface area contributed by atoms with Gasteiger partial charge in [0.05, 0.1) is 6.20 Å². The number of allylic oxidation sites excluding steroid dienone is 1. The summed E-state index contributed by atoms with van der Waals surface area (Å²) in [5.74, 6) is 1.09. The van der Waals surface area contributed by atoms with E-state index in [0.29, 0.717) is 18.1 Å². The zero-order valence-corrected chi connectivity index (χ0v) is 7.49. The summed E-state index contributed by atoms with van der Waals surface area (Å²) in [6, 6.07) is 0. The average molecular weight is 194 g/mol. The molecule has 0 atom stereocenters. The molecule has 2 aromatic rings. The molecule has 0 aliphatic heterocycles. The topological polar surface area (TPSA) is 64.7 Å². The number of nitrogens with zero attached hydrogens (tertiary/aromatic N) is 4. The van der Waals surface area contributed by atoms with Crippen LogP contribution in [0, 0.1) is 0 Å². The lowest BCUT2D eigenvalue weighted by molar-refractivity contribution is 0.425. The molecule has 2 aromatic heterocycles. The van der Waals surface area contributed by atoms with E-state index in [1.165, 1.54) is 11.5 Å². The highest BCUT2D eigenvalue weighted by Crippen LogP contribution is 2.18. The van der Waals surface area contributed by atoms with E-state index in [9.17, 15) is 0 Å². The monoisotopic (exact) mass is 194 g/mol. The first kappa shape index (κ1) is 8.06. The van der Waals surface area contributed by atoms with E-state index in [2.05, 4.69) is 26.3 Å². The van der Waals surface area contributed by atoms with Crippen molar-refractivity contribution in [3.05, 3.63) is 24.7 Å². The van der Waals surface area contributed by atoms with Gasteiger partial charge in [0.1, 0.15) is 4.88 Å². The van der Waals surface area contributed by atoms with Gasteiger partial charge in [-0.1, -0.05) is 15.7 Å². The molecule has 0 saturated carbocycles. The van der Waals surface area contributed by atoms with Crippen LogP contribution in [0.5, 0.6) is 0 Å². The van der Waals surface area contributed by atoms with Crippen LogP contribution in [0.15, 0.2) is 23.4 Å². The SMILES string of the molecule is C=CCc1noc(-c2cnns2)n1. The van der Waals surface area contributed by atoms with E-state index in [4.69, 9.17) is 4.52 Å². The molecule has 0 unspecified atom stereocenters. The third kappa shape index (κ3) is 1.62. The summed E-state index contributed by atoms with van der Waals surface area (Å²) >= 11 is 1.22. The predicted octanol–water partition coefficient (Wildman–Crippen LogP) is 1.32. The molecule has 5 nitrogen and oxygen atoms in total. The zero-order chi connectivity index (χ0) is 9.10. The second-order valence-corrected chi connectivity index (χ2v) is 3.08. The first-order valence-corrected chi connectivity index (χ1v) is 4.38. The second kappa shape index (κ2) is 3.44. The van der Waals surface area contributed by atoms with Crippen LogP contribution in [-0.4, -0.2) is 19.7 Å². The molecular weight excluding hydrogens is 188 g/mol. The quantitative estimate of drug-likeness (QED) is 0.689. The fourth-order valence-corrected chi connectivity index (χ4v) is 1.26. The van der Waals surface area contributed by atoms with Crippen molar-refractivity contribution < 1.29 is 4.52 Å². The summed E-state index contributed by atoms with van der Waals surface area (Å²) in [7, 11) is 0. The van der Waals surface area contributed by atoms with Gasteiger partial charge in [-0.3, -0.25) is 0 Å². The van der Waals surface area contributed by atoms with E-state index in [1.807, 2.05) is 0 Å². The third-order valence-corrected chi connectivity index (χ3v) is 2.02. The van der Waals surface area contributed by atoms with Gasteiger partial charge in [0.2, 0.25) is 0 Å². The normalized spacial score (nSPS) is 10.2. The van der Waals surface area contributed by atoms with Gasteiger partial charge in [-0.05, 0) is 11.5 Å². The van der Waals surface area contributed by atoms with Crippen molar-refractivity contribution in [2.24, 2.45) is 0 Å². The highest BCUT2D eigenvalue weighted by Gasteiger charge is 2.09. The van der Waals surface area contributed by atoms with E-state index < -0.39 is 0 Å². The Morgan fingerprint density at radius 2 is 2.54 bits per heavy atom. The van der Waals surface area contributed by atoms with E-state index in [1.54, 1.807) is 12.3 Å². The van der Waals surface area contributed by atoms with Crippen LogP contribution in [0.25, 0.3) is 10.8 Å². The Labute approximate surface area is 78.3 Å². The molecular formula is C7H6N4OS. The lowest BCUT2D eigenvalue weighted by Gasteiger charge is -1.80. The summed E-state index contributed by atoms with van der Waals surface area (Å²) in [5.41, 5.74) is 0. The van der Waals surface area contributed by atoms with Crippen molar-refractivity contribution in [3.63, 3.8) is 0 Å². The smallest absolute Gasteiger partial charge is 0.271 e. The Kier molecular flexibility index (Phi) is 2.13. The maximum absolute atomic E-state index is 4.98. The maximum atomic E-state index is 4.98. The van der Waals surface area contributed by atoms with Crippen LogP contribution < -0.4 is 0 Å². The summed E-state index contributed by atoms with van der Waals surface area (Å²) in [5, 5.41) is 7.43. The van der Waals surface area contributed by atoms with E-state index >= 15 is 0 Å². The molecule has 0 saturated heterocycles. The van der Waals surface area contributed by atoms with Crippen LogP contribution in [0.2, 0.25) is 0 Å². The third-order valence-electron chi connectivity index (χ3n) is 1.37. The Morgan fingerprint density at radius 3 is 3.23 bits per heavy atom. The molecule has 0 radical (unpaired) electrons. The van der Waals surface area contributed by atoms with Crippen molar-refractivity contribution in [3.8, 4) is 10.8 Å². The minimum atomic E-state index is 0.465. The maximum Gasteiger partial charge on any atom is 0.271 e. The Morgan fingerprint density at radius 1 is 1.62 bits per heavy atom. The molecule has 6 heteroatoms. The van der Waals surface area contributed by atoms with Gasteiger partial charge in [0.15, 0.2) is 5.82 Å². The van der Waals surface area contributed by atoms with Gasteiger partial charge in [0.25, 0.3) is 5.89 Å². The summed E-state index contributed by atoms with van der Waals surface area (Å²) < 4.78 is 8.68. The Bertz CT molecular complexity index is 394. The Hall–Kier alpha value is -1.56. The highest BCUT2D eigenvalue weighted by molar-refractivity contribution is 7.09.